The Morgan fingerprint density at radius 3 is 2.90 bits per heavy atom. The summed E-state index contributed by atoms with van der Waals surface area (Å²) in [5.41, 5.74) is 2.80. The highest BCUT2D eigenvalue weighted by Gasteiger charge is 2.12. The number of nitrogens with one attached hydrogen (secondary N) is 3. The van der Waals surface area contributed by atoms with Crippen molar-refractivity contribution >= 4 is 27.7 Å². The highest BCUT2D eigenvalue weighted by Crippen LogP contribution is 2.17. The molecular formula is C14H18BrN5O. The fourth-order valence-electron chi connectivity index (χ4n) is 2.02. The van der Waals surface area contributed by atoms with Crippen LogP contribution < -0.4 is 10.6 Å². The van der Waals surface area contributed by atoms with Crippen molar-refractivity contribution in [3.63, 3.8) is 0 Å². The van der Waals surface area contributed by atoms with Gasteiger partial charge >= 0.3 is 0 Å². The van der Waals surface area contributed by atoms with Gasteiger partial charge in [0.15, 0.2) is 0 Å². The Morgan fingerprint density at radius 2 is 2.24 bits per heavy atom. The zero-order valence-corrected chi connectivity index (χ0v) is 13.6. The number of amides is 1. The minimum atomic E-state index is -0.128. The van der Waals surface area contributed by atoms with Crippen LogP contribution >= 0.6 is 15.9 Å². The SMILES string of the molecule is CNc1ncc(Br)cc1C(=O)NCCCc1cn[nH]c1C. The summed E-state index contributed by atoms with van der Waals surface area (Å²) in [5.74, 6) is 0.443. The van der Waals surface area contributed by atoms with Gasteiger partial charge in [-0.1, -0.05) is 0 Å². The van der Waals surface area contributed by atoms with Gasteiger partial charge in [0.2, 0.25) is 0 Å². The Hall–Kier alpha value is -1.89. The van der Waals surface area contributed by atoms with Crippen molar-refractivity contribution in [2.24, 2.45) is 0 Å². The first-order chi connectivity index (χ1) is 10.1. The number of halogens is 1. The van der Waals surface area contributed by atoms with Crippen molar-refractivity contribution in [2.45, 2.75) is 19.8 Å². The third-order valence-electron chi connectivity index (χ3n) is 3.18. The Balaban J connectivity index is 1.87. The smallest absolute Gasteiger partial charge is 0.255 e. The molecule has 112 valence electrons. The topological polar surface area (TPSA) is 82.7 Å². The number of hydrogen-bond donors (Lipinski definition) is 3. The zero-order valence-electron chi connectivity index (χ0n) is 12.0. The molecule has 0 spiro atoms. The molecule has 0 saturated heterocycles. The molecule has 0 fully saturated rings. The van der Waals surface area contributed by atoms with E-state index in [1.807, 2.05) is 13.1 Å². The third-order valence-corrected chi connectivity index (χ3v) is 3.61. The van der Waals surface area contributed by atoms with Crippen LogP contribution in [0.15, 0.2) is 22.9 Å². The molecule has 21 heavy (non-hydrogen) atoms. The van der Waals surface area contributed by atoms with E-state index < -0.39 is 0 Å². The lowest BCUT2D eigenvalue weighted by Crippen LogP contribution is -2.26. The van der Waals surface area contributed by atoms with Crippen LogP contribution in [-0.2, 0) is 6.42 Å². The number of carbonyl (C=O) groups excluding carboxylic acids is 1. The predicted molar refractivity (Wildman–Crippen MR) is 85.5 cm³/mol. The summed E-state index contributed by atoms with van der Waals surface area (Å²) in [5, 5.41) is 12.7. The van der Waals surface area contributed by atoms with Crippen molar-refractivity contribution in [2.75, 3.05) is 18.9 Å². The summed E-state index contributed by atoms with van der Waals surface area (Å²) in [6.45, 7) is 2.60. The van der Waals surface area contributed by atoms with E-state index in [4.69, 9.17) is 0 Å². The van der Waals surface area contributed by atoms with Gasteiger partial charge in [0, 0.05) is 30.0 Å². The number of carbonyl (C=O) groups is 1. The van der Waals surface area contributed by atoms with Gasteiger partial charge in [-0.3, -0.25) is 9.89 Å². The first kappa shape index (κ1) is 15.5. The molecule has 0 unspecified atom stereocenters. The van der Waals surface area contributed by atoms with E-state index in [0.29, 0.717) is 17.9 Å². The number of pyridine rings is 1. The molecule has 0 aliphatic rings. The molecule has 2 aromatic heterocycles. The molecular weight excluding hydrogens is 334 g/mol. The lowest BCUT2D eigenvalue weighted by atomic mass is 10.1. The van der Waals surface area contributed by atoms with E-state index in [1.54, 1.807) is 19.3 Å². The maximum Gasteiger partial charge on any atom is 0.255 e. The van der Waals surface area contributed by atoms with Crippen LogP contribution in [0.1, 0.15) is 28.0 Å². The first-order valence-electron chi connectivity index (χ1n) is 6.72. The fourth-order valence-corrected chi connectivity index (χ4v) is 2.35. The van der Waals surface area contributed by atoms with Gasteiger partial charge in [0.1, 0.15) is 5.82 Å². The van der Waals surface area contributed by atoms with E-state index in [9.17, 15) is 4.79 Å². The van der Waals surface area contributed by atoms with Crippen molar-refractivity contribution in [1.29, 1.82) is 0 Å². The molecule has 0 atom stereocenters. The average Bonchev–Trinajstić information content (AvgIpc) is 2.88. The quantitative estimate of drug-likeness (QED) is 0.697. The number of aryl methyl sites for hydroxylation is 2. The molecule has 0 aromatic carbocycles. The van der Waals surface area contributed by atoms with Crippen LogP contribution in [0.5, 0.6) is 0 Å². The molecule has 2 rings (SSSR count). The zero-order chi connectivity index (χ0) is 15.2. The molecule has 2 heterocycles. The minimum absolute atomic E-state index is 0.128. The number of hydrogen-bond acceptors (Lipinski definition) is 4. The number of aromatic nitrogens is 3. The van der Waals surface area contributed by atoms with Crippen molar-refractivity contribution < 1.29 is 4.79 Å². The summed E-state index contributed by atoms with van der Waals surface area (Å²) in [7, 11) is 1.74. The van der Waals surface area contributed by atoms with E-state index in [2.05, 4.69) is 41.7 Å². The molecule has 0 saturated carbocycles. The third kappa shape index (κ3) is 4.04. The maximum absolute atomic E-state index is 12.2. The predicted octanol–water partition coefficient (Wildman–Crippen LogP) is 2.28. The van der Waals surface area contributed by atoms with Gasteiger partial charge < -0.3 is 10.6 Å². The van der Waals surface area contributed by atoms with Crippen molar-refractivity contribution in [3.8, 4) is 0 Å². The summed E-state index contributed by atoms with van der Waals surface area (Å²) in [4.78, 5) is 16.3. The van der Waals surface area contributed by atoms with E-state index in [1.165, 1.54) is 5.56 Å². The first-order valence-corrected chi connectivity index (χ1v) is 7.51. The van der Waals surface area contributed by atoms with Crippen LogP contribution in [0.4, 0.5) is 5.82 Å². The summed E-state index contributed by atoms with van der Waals surface area (Å²) in [6.07, 6.45) is 5.24. The molecule has 0 aliphatic heterocycles. The maximum atomic E-state index is 12.2. The second-order valence-electron chi connectivity index (χ2n) is 4.68. The van der Waals surface area contributed by atoms with Gasteiger partial charge in [0.05, 0.1) is 11.8 Å². The number of nitrogens with zero attached hydrogens (tertiary/aromatic N) is 2. The van der Waals surface area contributed by atoms with Crippen LogP contribution in [0, 0.1) is 6.92 Å². The Labute approximate surface area is 131 Å². The van der Waals surface area contributed by atoms with Crippen LogP contribution in [0.3, 0.4) is 0 Å². The molecule has 0 bridgehead atoms. The standard InChI is InChI=1S/C14H18BrN5O/c1-9-10(7-19-20-9)4-3-5-17-14(21)12-6-11(15)8-18-13(12)16-2/h6-8H,3-5H2,1-2H3,(H,16,18)(H,17,21)(H,19,20). The Kier molecular flexibility index (Phi) is 5.32. The summed E-state index contributed by atoms with van der Waals surface area (Å²) in [6, 6.07) is 1.76. The Bertz CT molecular complexity index is 626. The lowest BCUT2D eigenvalue weighted by molar-refractivity contribution is 0.0953. The summed E-state index contributed by atoms with van der Waals surface area (Å²) < 4.78 is 0.778. The number of rotatable bonds is 6. The van der Waals surface area contributed by atoms with Gasteiger partial charge in [-0.2, -0.15) is 5.10 Å². The molecule has 0 aliphatic carbocycles. The average molecular weight is 352 g/mol. The van der Waals surface area contributed by atoms with E-state index >= 15 is 0 Å². The van der Waals surface area contributed by atoms with Gasteiger partial charge in [-0.25, -0.2) is 4.98 Å². The minimum Gasteiger partial charge on any atom is -0.372 e. The van der Waals surface area contributed by atoms with Crippen LogP contribution in [-0.4, -0.2) is 34.7 Å². The fraction of sp³-hybridized carbons (Fsp3) is 0.357. The monoisotopic (exact) mass is 351 g/mol. The highest BCUT2D eigenvalue weighted by molar-refractivity contribution is 9.10. The van der Waals surface area contributed by atoms with Crippen LogP contribution in [0.25, 0.3) is 0 Å². The number of anilines is 1. The highest BCUT2D eigenvalue weighted by atomic mass is 79.9. The molecule has 1 amide bonds. The molecule has 0 radical (unpaired) electrons. The molecule has 3 N–H and O–H groups in total. The molecule has 2 aromatic rings. The lowest BCUT2D eigenvalue weighted by Gasteiger charge is -2.09. The number of aromatic amines is 1. The Morgan fingerprint density at radius 1 is 1.43 bits per heavy atom. The second-order valence-corrected chi connectivity index (χ2v) is 5.60. The van der Waals surface area contributed by atoms with Gasteiger partial charge in [-0.15, -0.1) is 0 Å². The molecule has 7 heteroatoms. The van der Waals surface area contributed by atoms with Gasteiger partial charge in [0.25, 0.3) is 5.91 Å². The van der Waals surface area contributed by atoms with Crippen molar-refractivity contribution in [1.82, 2.24) is 20.5 Å². The largest absolute Gasteiger partial charge is 0.372 e. The molecule has 6 nitrogen and oxygen atoms in total. The number of H-pyrrole nitrogens is 1. The second kappa shape index (κ2) is 7.21. The van der Waals surface area contributed by atoms with Crippen molar-refractivity contribution in [3.05, 3.63) is 39.8 Å². The van der Waals surface area contributed by atoms with E-state index in [-0.39, 0.29) is 5.91 Å². The van der Waals surface area contributed by atoms with Gasteiger partial charge in [-0.05, 0) is 47.3 Å². The summed E-state index contributed by atoms with van der Waals surface area (Å²) >= 11 is 3.33. The normalized spacial score (nSPS) is 10.4. The van der Waals surface area contributed by atoms with E-state index in [0.717, 1.165) is 23.0 Å². The van der Waals surface area contributed by atoms with Crippen LogP contribution in [0.2, 0.25) is 0 Å².